The molecular formula is C15H18BrN3. The third-order valence-corrected chi connectivity index (χ3v) is 3.75. The number of allylic oxidation sites excluding steroid dienone is 1. The summed E-state index contributed by atoms with van der Waals surface area (Å²) in [4.78, 5) is 4.67. The summed E-state index contributed by atoms with van der Waals surface area (Å²) in [5.41, 5.74) is 9.31. The molecular weight excluding hydrogens is 302 g/mol. The average molecular weight is 320 g/mol. The topological polar surface area (TPSA) is 43.8 Å². The number of nitrogens with zero attached hydrogens (tertiary/aromatic N) is 2. The monoisotopic (exact) mass is 319 g/mol. The molecule has 1 heterocycles. The van der Waals surface area contributed by atoms with Crippen LogP contribution in [-0.4, -0.2) is 9.55 Å². The third-order valence-electron chi connectivity index (χ3n) is 3.09. The van der Waals surface area contributed by atoms with Crippen LogP contribution in [0.3, 0.4) is 0 Å². The van der Waals surface area contributed by atoms with Crippen molar-refractivity contribution in [3.63, 3.8) is 0 Å². The molecule has 2 aromatic rings. The first-order chi connectivity index (χ1) is 9.08. The van der Waals surface area contributed by atoms with Crippen molar-refractivity contribution in [2.75, 3.05) is 5.73 Å². The minimum atomic E-state index is 0.686. The van der Waals surface area contributed by atoms with Gasteiger partial charge in [-0.2, -0.15) is 0 Å². The number of aromatic nitrogens is 2. The zero-order valence-corrected chi connectivity index (χ0v) is 12.9. The molecule has 0 spiro atoms. The summed E-state index contributed by atoms with van der Waals surface area (Å²) in [7, 11) is 0. The van der Waals surface area contributed by atoms with Gasteiger partial charge in [0.05, 0.1) is 0 Å². The standard InChI is InChI=1S/C15H18BrN3/c1-4-8-19-13(5-2)18-14(15(19)17)11-7-6-10(3)9-12(11)16/h4,6-7,9H,1,5,8,17H2,2-3H3. The summed E-state index contributed by atoms with van der Waals surface area (Å²) in [6, 6.07) is 6.19. The van der Waals surface area contributed by atoms with E-state index in [1.54, 1.807) is 0 Å². The van der Waals surface area contributed by atoms with Crippen LogP contribution in [0.1, 0.15) is 18.3 Å². The molecule has 2 rings (SSSR count). The van der Waals surface area contributed by atoms with Crippen molar-refractivity contribution in [1.82, 2.24) is 9.55 Å². The van der Waals surface area contributed by atoms with E-state index >= 15 is 0 Å². The normalized spacial score (nSPS) is 10.7. The van der Waals surface area contributed by atoms with Crippen molar-refractivity contribution in [2.45, 2.75) is 26.8 Å². The van der Waals surface area contributed by atoms with Crippen LogP contribution in [0.2, 0.25) is 0 Å². The number of hydrogen-bond acceptors (Lipinski definition) is 2. The summed E-state index contributed by atoms with van der Waals surface area (Å²) in [6.07, 6.45) is 2.69. The Morgan fingerprint density at radius 3 is 2.79 bits per heavy atom. The van der Waals surface area contributed by atoms with Crippen LogP contribution in [0.5, 0.6) is 0 Å². The maximum Gasteiger partial charge on any atom is 0.132 e. The third kappa shape index (κ3) is 2.59. The van der Waals surface area contributed by atoms with Gasteiger partial charge in [0.2, 0.25) is 0 Å². The zero-order valence-electron chi connectivity index (χ0n) is 11.3. The van der Waals surface area contributed by atoms with Gasteiger partial charge >= 0.3 is 0 Å². The predicted molar refractivity (Wildman–Crippen MR) is 84.1 cm³/mol. The Morgan fingerprint density at radius 2 is 2.21 bits per heavy atom. The van der Waals surface area contributed by atoms with Gasteiger partial charge in [-0.1, -0.05) is 41.1 Å². The molecule has 0 saturated carbocycles. The van der Waals surface area contributed by atoms with Crippen molar-refractivity contribution in [3.05, 3.63) is 46.7 Å². The second kappa shape index (κ2) is 5.61. The van der Waals surface area contributed by atoms with Gasteiger partial charge in [-0.15, -0.1) is 6.58 Å². The van der Waals surface area contributed by atoms with Crippen LogP contribution in [0, 0.1) is 6.92 Å². The zero-order chi connectivity index (χ0) is 14.0. The molecule has 0 amide bonds. The fraction of sp³-hybridized carbons (Fsp3) is 0.267. The number of rotatable bonds is 4. The van der Waals surface area contributed by atoms with Crippen molar-refractivity contribution in [2.24, 2.45) is 0 Å². The highest BCUT2D eigenvalue weighted by molar-refractivity contribution is 9.10. The average Bonchev–Trinajstić information content (AvgIpc) is 2.68. The SMILES string of the molecule is C=CCn1c(CC)nc(-c2ccc(C)cc2Br)c1N. The van der Waals surface area contributed by atoms with E-state index < -0.39 is 0 Å². The molecule has 0 radical (unpaired) electrons. The van der Waals surface area contributed by atoms with Crippen molar-refractivity contribution >= 4 is 21.7 Å². The number of benzene rings is 1. The lowest BCUT2D eigenvalue weighted by molar-refractivity contribution is 0.757. The van der Waals surface area contributed by atoms with Gasteiger partial charge in [-0.25, -0.2) is 4.98 Å². The number of nitrogen functional groups attached to an aromatic ring is 1. The molecule has 0 unspecified atom stereocenters. The summed E-state index contributed by atoms with van der Waals surface area (Å²) in [5, 5.41) is 0. The highest BCUT2D eigenvalue weighted by Crippen LogP contribution is 2.33. The number of halogens is 1. The Hall–Kier alpha value is -1.55. The van der Waals surface area contributed by atoms with Gasteiger partial charge in [0.25, 0.3) is 0 Å². The first kappa shape index (κ1) is 13.9. The van der Waals surface area contributed by atoms with Gasteiger partial charge in [0.1, 0.15) is 17.3 Å². The van der Waals surface area contributed by atoms with Crippen molar-refractivity contribution in [1.29, 1.82) is 0 Å². The molecule has 1 aromatic carbocycles. The van der Waals surface area contributed by atoms with E-state index in [2.05, 4.69) is 59.5 Å². The number of aryl methyl sites for hydroxylation is 2. The van der Waals surface area contributed by atoms with E-state index in [0.717, 1.165) is 28.0 Å². The summed E-state index contributed by atoms with van der Waals surface area (Å²) in [6.45, 7) is 8.60. The predicted octanol–water partition coefficient (Wildman–Crippen LogP) is 3.95. The molecule has 19 heavy (non-hydrogen) atoms. The van der Waals surface area contributed by atoms with Crippen molar-refractivity contribution < 1.29 is 0 Å². The fourth-order valence-corrected chi connectivity index (χ4v) is 2.81. The van der Waals surface area contributed by atoms with Gasteiger partial charge in [-0.05, 0) is 18.6 Å². The Labute approximate surface area is 122 Å². The van der Waals surface area contributed by atoms with E-state index in [9.17, 15) is 0 Å². The van der Waals surface area contributed by atoms with E-state index in [4.69, 9.17) is 5.73 Å². The van der Waals surface area contributed by atoms with Crippen LogP contribution >= 0.6 is 15.9 Å². The smallest absolute Gasteiger partial charge is 0.132 e. The second-order valence-electron chi connectivity index (χ2n) is 4.50. The first-order valence-corrected chi connectivity index (χ1v) is 7.10. The second-order valence-corrected chi connectivity index (χ2v) is 5.35. The van der Waals surface area contributed by atoms with Gasteiger partial charge in [-0.3, -0.25) is 0 Å². The Kier molecular flexibility index (Phi) is 4.10. The molecule has 4 heteroatoms. The number of anilines is 1. The molecule has 0 atom stereocenters. The van der Waals surface area contributed by atoms with Crippen LogP contribution in [0.15, 0.2) is 35.3 Å². The lowest BCUT2D eigenvalue weighted by Crippen LogP contribution is -2.05. The molecule has 2 N–H and O–H groups in total. The lowest BCUT2D eigenvalue weighted by Gasteiger charge is -2.06. The van der Waals surface area contributed by atoms with E-state index in [0.29, 0.717) is 12.4 Å². The first-order valence-electron chi connectivity index (χ1n) is 6.30. The molecule has 0 bridgehead atoms. The number of nitrogens with two attached hydrogens (primary N) is 1. The van der Waals surface area contributed by atoms with Gasteiger partial charge in [0.15, 0.2) is 0 Å². The number of imidazole rings is 1. The largest absolute Gasteiger partial charge is 0.383 e. The minimum absolute atomic E-state index is 0.686. The summed E-state index contributed by atoms with van der Waals surface area (Å²) in [5.74, 6) is 1.68. The molecule has 1 aromatic heterocycles. The quantitative estimate of drug-likeness (QED) is 0.867. The molecule has 0 fully saturated rings. The highest BCUT2D eigenvalue weighted by atomic mass is 79.9. The molecule has 0 aliphatic rings. The lowest BCUT2D eigenvalue weighted by atomic mass is 10.1. The Morgan fingerprint density at radius 1 is 1.47 bits per heavy atom. The van der Waals surface area contributed by atoms with Gasteiger partial charge in [0, 0.05) is 23.0 Å². The van der Waals surface area contributed by atoms with Crippen LogP contribution in [0.25, 0.3) is 11.3 Å². The molecule has 3 nitrogen and oxygen atoms in total. The van der Waals surface area contributed by atoms with Crippen molar-refractivity contribution in [3.8, 4) is 11.3 Å². The molecule has 0 saturated heterocycles. The Balaban J connectivity index is 2.59. The van der Waals surface area contributed by atoms with Crippen LogP contribution in [-0.2, 0) is 13.0 Å². The summed E-state index contributed by atoms with van der Waals surface area (Å²) >= 11 is 3.59. The number of hydrogen-bond donors (Lipinski definition) is 1. The summed E-state index contributed by atoms with van der Waals surface area (Å²) < 4.78 is 3.03. The molecule has 0 aliphatic heterocycles. The Bertz CT molecular complexity index is 614. The molecule has 0 aliphatic carbocycles. The highest BCUT2D eigenvalue weighted by Gasteiger charge is 2.16. The minimum Gasteiger partial charge on any atom is -0.383 e. The maximum atomic E-state index is 6.24. The molecule has 100 valence electrons. The van der Waals surface area contributed by atoms with Crippen LogP contribution < -0.4 is 5.73 Å². The van der Waals surface area contributed by atoms with E-state index in [1.165, 1.54) is 5.56 Å². The van der Waals surface area contributed by atoms with Gasteiger partial charge < -0.3 is 10.3 Å². The fourth-order valence-electron chi connectivity index (χ4n) is 2.13. The maximum absolute atomic E-state index is 6.24. The van der Waals surface area contributed by atoms with E-state index in [1.807, 2.05) is 10.6 Å². The van der Waals surface area contributed by atoms with E-state index in [-0.39, 0.29) is 0 Å². The van der Waals surface area contributed by atoms with Crippen LogP contribution in [0.4, 0.5) is 5.82 Å².